The van der Waals surface area contributed by atoms with Gasteiger partial charge in [-0.2, -0.15) is 4.39 Å². The second-order valence-electron chi connectivity index (χ2n) is 4.38. The lowest BCUT2D eigenvalue weighted by atomic mass is 10.2. The van der Waals surface area contributed by atoms with Gasteiger partial charge in [0.25, 0.3) is 0 Å². The standard InChI is InChI=1S/C13H19F2NO/c1-9(2)16-8-7-10(3)17-12-6-4-5-11(14)13(12)15/h4-6,9-10,16H,7-8H2,1-3H3. The monoisotopic (exact) mass is 243 g/mol. The van der Waals surface area contributed by atoms with Crippen LogP contribution in [0.15, 0.2) is 18.2 Å². The van der Waals surface area contributed by atoms with E-state index < -0.39 is 11.6 Å². The van der Waals surface area contributed by atoms with Crippen molar-refractivity contribution in [3.8, 4) is 5.75 Å². The molecule has 0 radical (unpaired) electrons. The van der Waals surface area contributed by atoms with Crippen LogP contribution in [0.1, 0.15) is 27.2 Å². The molecule has 0 aliphatic rings. The van der Waals surface area contributed by atoms with E-state index in [1.807, 2.05) is 6.92 Å². The lowest BCUT2D eigenvalue weighted by Crippen LogP contribution is -2.27. The molecular formula is C13H19F2NO. The molecule has 96 valence electrons. The summed E-state index contributed by atoms with van der Waals surface area (Å²) in [4.78, 5) is 0. The SMILES string of the molecule is CC(C)NCCC(C)Oc1cccc(F)c1F. The van der Waals surface area contributed by atoms with Crippen molar-refractivity contribution in [1.29, 1.82) is 0 Å². The molecule has 0 aliphatic carbocycles. The molecule has 0 aliphatic heterocycles. The van der Waals surface area contributed by atoms with Gasteiger partial charge in [0.1, 0.15) is 0 Å². The van der Waals surface area contributed by atoms with Crippen LogP contribution in [0.4, 0.5) is 8.78 Å². The van der Waals surface area contributed by atoms with Gasteiger partial charge in [0.15, 0.2) is 11.6 Å². The second-order valence-corrected chi connectivity index (χ2v) is 4.38. The molecule has 0 saturated heterocycles. The summed E-state index contributed by atoms with van der Waals surface area (Å²) in [5.41, 5.74) is 0. The van der Waals surface area contributed by atoms with Crippen molar-refractivity contribution in [3.05, 3.63) is 29.8 Å². The summed E-state index contributed by atoms with van der Waals surface area (Å²) >= 11 is 0. The van der Waals surface area contributed by atoms with Gasteiger partial charge < -0.3 is 10.1 Å². The van der Waals surface area contributed by atoms with Crippen LogP contribution in [0, 0.1) is 11.6 Å². The van der Waals surface area contributed by atoms with Crippen LogP contribution in [0.3, 0.4) is 0 Å². The van der Waals surface area contributed by atoms with Gasteiger partial charge in [-0.05, 0) is 32.0 Å². The summed E-state index contributed by atoms with van der Waals surface area (Å²) in [5.74, 6) is -1.83. The average Bonchev–Trinajstić information content (AvgIpc) is 2.24. The summed E-state index contributed by atoms with van der Waals surface area (Å²) in [6.45, 7) is 6.73. The van der Waals surface area contributed by atoms with Gasteiger partial charge in [-0.15, -0.1) is 0 Å². The van der Waals surface area contributed by atoms with E-state index in [0.29, 0.717) is 6.04 Å². The van der Waals surface area contributed by atoms with Crippen molar-refractivity contribution >= 4 is 0 Å². The van der Waals surface area contributed by atoms with E-state index in [-0.39, 0.29) is 11.9 Å². The van der Waals surface area contributed by atoms with E-state index in [1.165, 1.54) is 12.1 Å². The summed E-state index contributed by atoms with van der Waals surface area (Å²) in [6.07, 6.45) is 0.589. The number of hydrogen-bond acceptors (Lipinski definition) is 2. The van der Waals surface area contributed by atoms with E-state index in [2.05, 4.69) is 19.2 Å². The Balaban J connectivity index is 2.45. The Morgan fingerprint density at radius 1 is 1.24 bits per heavy atom. The van der Waals surface area contributed by atoms with Gasteiger partial charge in [0.2, 0.25) is 5.82 Å². The minimum atomic E-state index is -0.920. The zero-order valence-corrected chi connectivity index (χ0v) is 10.5. The molecule has 0 heterocycles. The molecule has 1 rings (SSSR count). The molecule has 0 spiro atoms. The van der Waals surface area contributed by atoms with Crippen molar-refractivity contribution in [2.75, 3.05) is 6.54 Å². The Kier molecular flexibility index (Phi) is 5.35. The van der Waals surface area contributed by atoms with Crippen LogP contribution in [-0.2, 0) is 0 Å². The molecule has 0 aromatic heterocycles. The molecule has 0 saturated carbocycles. The summed E-state index contributed by atoms with van der Waals surface area (Å²) < 4.78 is 31.6. The highest BCUT2D eigenvalue weighted by atomic mass is 19.2. The highest BCUT2D eigenvalue weighted by Crippen LogP contribution is 2.20. The van der Waals surface area contributed by atoms with Crippen LogP contribution < -0.4 is 10.1 Å². The van der Waals surface area contributed by atoms with Gasteiger partial charge in [-0.3, -0.25) is 0 Å². The molecule has 2 nitrogen and oxygen atoms in total. The molecule has 1 atom stereocenters. The van der Waals surface area contributed by atoms with E-state index in [4.69, 9.17) is 4.74 Å². The van der Waals surface area contributed by atoms with Crippen LogP contribution in [-0.4, -0.2) is 18.7 Å². The number of nitrogens with one attached hydrogen (secondary N) is 1. The van der Waals surface area contributed by atoms with Crippen molar-refractivity contribution in [2.45, 2.75) is 39.3 Å². The summed E-state index contributed by atoms with van der Waals surface area (Å²) in [7, 11) is 0. The lowest BCUT2D eigenvalue weighted by molar-refractivity contribution is 0.197. The predicted octanol–water partition coefficient (Wildman–Crippen LogP) is 3.12. The predicted molar refractivity (Wildman–Crippen MR) is 64.2 cm³/mol. The molecule has 1 aromatic rings. The molecule has 0 fully saturated rings. The number of hydrogen-bond donors (Lipinski definition) is 1. The van der Waals surface area contributed by atoms with E-state index >= 15 is 0 Å². The lowest BCUT2D eigenvalue weighted by Gasteiger charge is -2.16. The Morgan fingerprint density at radius 3 is 2.59 bits per heavy atom. The van der Waals surface area contributed by atoms with Crippen LogP contribution in [0.25, 0.3) is 0 Å². The van der Waals surface area contributed by atoms with Crippen molar-refractivity contribution < 1.29 is 13.5 Å². The maximum atomic E-state index is 13.3. The van der Waals surface area contributed by atoms with E-state index in [9.17, 15) is 8.78 Å². The van der Waals surface area contributed by atoms with Crippen molar-refractivity contribution in [2.24, 2.45) is 0 Å². The van der Waals surface area contributed by atoms with Gasteiger partial charge in [0, 0.05) is 6.04 Å². The zero-order valence-electron chi connectivity index (χ0n) is 10.5. The molecule has 4 heteroatoms. The highest BCUT2D eigenvalue weighted by molar-refractivity contribution is 5.25. The number of halogens is 2. The third-order valence-electron chi connectivity index (χ3n) is 2.35. The first-order valence-corrected chi connectivity index (χ1v) is 5.84. The van der Waals surface area contributed by atoms with Crippen molar-refractivity contribution in [3.63, 3.8) is 0 Å². The zero-order chi connectivity index (χ0) is 12.8. The van der Waals surface area contributed by atoms with Crippen LogP contribution in [0.2, 0.25) is 0 Å². The van der Waals surface area contributed by atoms with Gasteiger partial charge >= 0.3 is 0 Å². The third-order valence-corrected chi connectivity index (χ3v) is 2.35. The van der Waals surface area contributed by atoms with Gasteiger partial charge in [0.05, 0.1) is 6.10 Å². The number of benzene rings is 1. The second kappa shape index (κ2) is 6.55. The molecule has 0 bridgehead atoms. The number of ether oxygens (including phenoxy) is 1. The fraction of sp³-hybridized carbons (Fsp3) is 0.538. The molecular weight excluding hydrogens is 224 g/mol. The number of rotatable bonds is 6. The topological polar surface area (TPSA) is 21.3 Å². The third kappa shape index (κ3) is 4.69. The van der Waals surface area contributed by atoms with Gasteiger partial charge in [-0.1, -0.05) is 19.9 Å². The first kappa shape index (κ1) is 13.9. The Morgan fingerprint density at radius 2 is 1.94 bits per heavy atom. The minimum absolute atomic E-state index is 0.0259. The van der Waals surface area contributed by atoms with Crippen LogP contribution in [0.5, 0.6) is 5.75 Å². The fourth-order valence-corrected chi connectivity index (χ4v) is 1.43. The quantitative estimate of drug-likeness (QED) is 0.828. The Labute approximate surface area is 101 Å². The molecule has 0 amide bonds. The van der Waals surface area contributed by atoms with Gasteiger partial charge in [-0.25, -0.2) is 4.39 Å². The molecule has 1 aromatic carbocycles. The maximum Gasteiger partial charge on any atom is 0.200 e. The molecule has 1 unspecified atom stereocenters. The molecule has 17 heavy (non-hydrogen) atoms. The summed E-state index contributed by atoms with van der Waals surface area (Å²) in [5, 5.41) is 3.24. The van der Waals surface area contributed by atoms with E-state index in [0.717, 1.165) is 19.0 Å². The average molecular weight is 243 g/mol. The van der Waals surface area contributed by atoms with Crippen LogP contribution >= 0.6 is 0 Å². The van der Waals surface area contributed by atoms with E-state index in [1.54, 1.807) is 0 Å². The van der Waals surface area contributed by atoms with Crippen molar-refractivity contribution in [1.82, 2.24) is 5.32 Å². The fourth-order valence-electron chi connectivity index (χ4n) is 1.43. The largest absolute Gasteiger partial charge is 0.487 e. The Bertz CT molecular complexity index is 355. The normalized spacial score (nSPS) is 12.8. The molecule has 1 N–H and O–H groups in total. The smallest absolute Gasteiger partial charge is 0.200 e. The highest BCUT2D eigenvalue weighted by Gasteiger charge is 2.11. The minimum Gasteiger partial charge on any atom is -0.487 e. The maximum absolute atomic E-state index is 13.3. The first-order valence-electron chi connectivity index (χ1n) is 5.84. The first-order chi connectivity index (χ1) is 8.00. The Hall–Kier alpha value is -1.16. The summed E-state index contributed by atoms with van der Waals surface area (Å²) in [6, 6.07) is 4.36.